The van der Waals surface area contributed by atoms with Crippen LogP contribution in [0.15, 0.2) is 42.5 Å². The van der Waals surface area contributed by atoms with Gasteiger partial charge in [-0.1, -0.05) is 55.8 Å². The van der Waals surface area contributed by atoms with Gasteiger partial charge in [-0.15, -0.1) is 0 Å². The number of hydrogen-bond donors (Lipinski definition) is 0. The zero-order valence-electron chi connectivity index (χ0n) is 17.9. The number of carbonyl (C=O) groups is 2. The molecule has 0 aliphatic carbocycles. The van der Waals surface area contributed by atoms with E-state index >= 15 is 0 Å². The highest BCUT2D eigenvalue weighted by Gasteiger charge is 2.49. The second kappa shape index (κ2) is 8.05. The van der Waals surface area contributed by atoms with Gasteiger partial charge in [-0.05, 0) is 53.9 Å². The number of carbonyl (C=O) groups excluding carboxylic acids is 2. The van der Waals surface area contributed by atoms with Crippen molar-refractivity contribution in [1.82, 2.24) is 9.80 Å². The van der Waals surface area contributed by atoms with Gasteiger partial charge in [0.05, 0.1) is 6.42 Å². The molecule has 5 rings (SSSR count). The Kier molecular flexibility index (Phi) is 5.26. The Morgan fingerprint density at radius 3 is 2.70 bits per heavy atom. The number of hydrogen-bond acceptors (Lipinski definition) is 2. The van der Waals surface area contributed by atoms with Gasteiger partial charge in [-0.2, -0.15) is 0 Å². The van der Waals surface area contributed by atoms with Gasteiger partial charge in [0.25, 0.3) is 0 Å². The minimum absolute atomic E-state index is 0.241. The quantitative estimate of drug-likeness (QED) is 0.757. The lowest BCUT2D eigenvalue weighted by molar-refractivity contribution is -0.156. The molecule has 158 valence electrons. The molecule has 0 radical (unpaired) electrons. The first-order valence-electron chi connectivity index (χ1n) is 11.7. The second-order valence-corrected chi connectivity index (χ2v) is 9.53. The Balaban J connectivity index is 1.34. The van der Waals surface area contributed by atoms with Crippen LogP contribution < -0.4 is 0 Å². The van der Waals surface area contributed by atoms with Gasteiger partial charge in [-0.3, -0.25) is 9.59 Å². The monoisotopic (exact) mass is 404 g/mol. The fourth-order valence-electron chi connectivity index (χ4n) is 6.28. The summed E-state index contributed by atoms with van der Waals surface area (Å²) in [4.78, 5) is 30.4. The maximum absolute atomic E-state index is 13.3. The van der Waals surface area contributed by atoms with Crippen molar-refractivity contribution in [3.05, 3.63) is 48.0 Å². The van der Waals surface area contributed by atoms with Crippen LogP contribution in [0.4, 0.5) is 0 Å². The Labute approximate surface area is 179 Å². The maximum atomic E-state index is 13.3. The first kappa shape index (κ1) is 19.6. The van der Waals surface area contributed by atoms with Gasteiger partial charge < -0.3 is 9.80 Å². The zero-order chi connectivity index (χ0) is 20.7. The van der Waals surface area contributed by atoms with Gasteiger partial charge in [-0.25, -0.2) is 0 Å². The van der Waals surface area contributed by atoms with Gasteiger partial charge in [0.1, 0.15) is 0 Å². The molecule has 2 aromatic rings. The second-order valence-electron chi connectivity index (χ2n) is 9.53. The molecule has 2 amide bonds. The van der Waals surface area contributed by atoms with Crippen LogP contribution in [-0.2, 0) is 16.0 Å². The zero-order valence-corrected chi connectivity index (χ0v) is 17.9. The van der Waals surface area contributed by atoms with Gasteiger partial charge in [0, 0.05) is 31.6 Å². The third-order valence-electron chi connectivity index (χ3n) is 7.60. The van der Waals surface area contributed by atoms with Crippen LogP contribution in [0.3, 0.4) is 0 Å². The molecule has 0 unspecified atom stereocenters. The number of amides is 2. The van der Waals surface area contributed by atoms with Crippen LogP contribution in [0.2, 0.25) is 0 Å². The standard InChI is InChI=1S/C26H32N2O2/c1-2-6-23-21-15-22(24-9-5-10-25(29)28(23)24)17-27(16-21)26(30)14-18-11-12-19-7-3-4-8-20(19)13-18/h3-4,7-8,11-13,21-24H,2,5-6,9-10,14-17H2,1H3/t21-,22+,23-,24-/m0/s1. The minimum Gasteiger partial charge on any atom is -0.342 e. The van der Waals surface area contributed by atoms with E-state index in [0.717, 1.165) is 44.3 Å². The fourth-order valence-corrected chi connectivity index (χ4v) is 6.28. The molecule has 0 spiro atoms. The summed E-state index contributed by atoms with van der Waals surface area (Å²) >= 11 is 0. The first-order valence-corrected chi connectivity index (χ1v) is 11.7. The normalized spacial score (nSPS) is 28.5. The average molecular weight is 405 g/mol. The fraction of sp³-hybridized carbons (Fsp3) is 0.538. The van der Waals surface area contributed by atoms with Crippen molar-refractivity contribution < 1.29 is 9.59 Å². The molecular formula is C26H32N2O2. The van der Waals surface area contributed by atoms with Gasteiger partial charge in [0.2, 0.25) is 11.8 Å². The van der Waals surface area contributed by atoms with E-state index in [0.29, 0.717) is 42.7 Å². The van der Waals surface area contributed by atoms with Gasteiger partial charge >= 0.3 is 0 Å². The topological polar surface area (TPSA) is 40.6 Å². The molecular weight excluding hydrogens is 372 g/mol. The van der Waals surface area contributed by atoms with Crippen molar-refractivity contribution in [2.75, 3.05) is 13.1 Å². The van der Waals surface area contributed by atoms with Crippen molar-refractivity contribution in [3.63, 3.8) is 0 Å². The predicted octanol–water partition coefficient (Wildman–Crippen LogP) is 4.41. The predicted molar refractivity (Wildman–Crippen MR) is 119 cm³/mol. The smallest absolute Gasteiger partial charge is 0.227 e. The summed E-state index contributed by atoms with van der Waals surface area (Å²) in [7, 11) is 0. The highest BCUT2D eigenvalue weighted by Crippen LogP contribution is 2.43. The molecule has 3 heterocycles. The number of fused-ring (bicyclic) bond motifs is 5. The summed E-state index contributed by atoms with van der Waals surface area (Å²) in [6.07, 6.45) is 6.62. The van der Waals surface area contributed by atoms with Crippen molar-refractivity contribution in [2.24, 2.45) is 11.8 Å². The van der Waals surface area contributed by atoms with Crippen LogP contribution in [0.25, 0.3) is 10.8 Å². The Bertz CT molecular complexity index is 955. The lowest BCUT2D eigenvalue weighted by Crippen LogP contribution is -2.65. The summed E-state index contributed by atoms with van der Waals surface area (Å²) in [5.41, 5.74) is 1.09. The summed E-state index contributed by atoms with van der Waals surface area (Å²) in [6, 6.07) is 15.3. The number of piperidine rings is 3. The van der Waals surface area contributed by atoms with E-state index < -0.39 is 0 Å². The van der Waals surface area contributed by atoms with Crippen LogP contribution in [0, 0.1) is 11.8 Å². The van der Waals surface area contributed by atoms with Crippen molar-refractivity contribution in [1.29, 1.82) is 0 Å². The van der Waals surface area contributed by atoms with E-state index in [9.17, 15) is 9.59 Å². The van der Waals surface area contributed by atoms with E-state index in [1.807, 2.05) is 12.1 Å². The van der Waals surface area contributed by atoms with Crippen molar-refractivity contribution in [2.45, 2.75) is 64.0 Å². The first-order chi connectivity index (χ1) is 14.6. The van der Waals surface area contributed by atoms with Crippen molar-refractivity contribution in [3.8, 4) is 0 Å². The SMILES string of the molecule is CCC[C@H]1[C@H]2C[C@H](CN(C(=O)Cc3ccc4ccccc4c3)C2)[C@@H]2CCCC(=O)N21. The lowest BCUT2D eigenvalue weighted by atomic mass is 9.71. The molecule has 3 fully saturated rings. The van der Waals surface area contributed by atoms with E-state index in [4.69, 9.17) is 0 Å². The third-order valence-corrected chi connectivity index (χ3v) is 7.60. The molecule has 0 N–H and O–H groups in total. The molecule has 3 saturated heterocycles. The Morgan fingerprint density at radius 2 is 1.87 bits per heavy atom. The van der Waals surface area contributed by atoms with Crippen LogP contribution >= 0.6 is 0 Å². The number of likely N-dealkylation sites (tertiary alicyclic amines) is 1. The molecule has 4 nitrogen and oxygen atoms in total. The largest absolute Gasteiger partial charge is 0.342 e. The molecule has 3 aliphatic rings. The summed E-state index contributed by atoms with van der Waals surface area (Å²) < 4.78 is 0. The molecule has 0 saturated carbocycles. The van der Waals surface area contributed by atoms with Crippen LogP contribution in [-0.4, -0.2) is 46.8 Å². The molecule has 2 bridgehead atoms. The van der Waals surface area contributed by atoms with E-state index in [-0.39, 0.29) is 5.91 Å². The lowest BCUT2D eigenvalue weighted by Gasteiger charge is -2.56. The van der Waals surface area contributed by atoms with Crippen molar-refractivity contribution >= 4 is 22.6 Å². The highest BCUT2D eigenvalue weighted by molar-refractivity contribution is 5.85. The summed E-state index contributed by atoms with van der Waals surface area (Å²) in [6.45, 7) is 3.83. The summed E-state index contributed by atoms with van der Waals surface area (Å²) in [5.74, 6) is 1.48. The molecule has 30 heavy (non-hydrogen) atoms. The molecule has 3 aliphatic heterocycles. The minimum atomic E-state index is 0.241. The maximum Gasteiger partial charge on any atom is 0.227 e. The van der Waals surface area contributed by atoms with Gasteiger partial charge in [0.15, 0.2) is 0 Å². The number of nitrogens with zero attached hydrogens (tertiary/aromatic N) is 2. The van der Waals surface area contributed by atoms with E-state index in [1.165, 1.54) is 17.2 Å². The highest BCUT2D eigenvalue weighted by atomic mass is 16.2. The molecule has 2 aromatic carbocycles. The molecule has 0 aromatic heterocycles. The number of rotatable bonds is 4. The van der Waals surface area contributed by atoms with Crippen LogP contribution in [0.1, 0.15) is 51.0 Å². The molecule has 4 heteroatoms. The van der Waals surface area contributed by atoms with E-state index in [2.05, 4.69) is 47.1 Å². The third kappa shape index (κ3) is 3.51. The van der Waals surface area contributed by atoms with Crippen LogP contribution in [0.5, 0.6) is 0 Å². The van der Waals surface area contributed by atoms with E-state index in [1.54, 1.807) is 0 Å². The number of benzene rings is 2. The average Bonchev–Trinajstić information content (AvgIpc) is 2.76. The Morgan fingerprint density at radius 1 is 1.07 bits per heavy atom. The Hall–Kier alpha value is -2.36. The summed E-state index contributed by atoms with van der Waals surface area (Å²) in [5, 5.41) is 2.41. The molecule has 4 atom stereocenters.